The van der Waals surface area contributed by atoms with Gasteiger partial charge in [-0.2, -0.15) is 0 Å². The van der Waals surface area contributed by atoms with Crippen molar-refractivity contribution in [2.75, 3.05) is 0 Å². The van der Waals surface area contributed by atoms with Crippen LogP contribution in [0, 0.1) is 5.82 Å². The minimum Gasteiger partial charge on any atom is -0.489 e. The second-order valence-electron chi connectivity index (χ2n) is 8.88. The molecule has 1 aliphatic rings. The molecular formula is C27H25FN2O5S. The number of nitrogens with zero attached hydrogens (tertiary/aromatic N) is 1. The monoisotopic (exact) mass is 508 g/mol. The van der Waals surface area contributed by atoms with E-state index in [0.717, 1.165) is 0 Å². The van der Waals surface area contributed by atoms with E-state index in [1.165, 1.54) is 10.2 Å². The van der Waals surface area contributed by atoms with Gasteiger partial charge in [-0.1, -0.05) is 36.4 Å². The molecule has 7 nitrogen and oxygen atoms in total. The second-order valence-corrected chi connectivity index (χ2v) is 11.0. The molecular weight excluding hydrogens is 483 g/mol. The lowest BCUT2D eigenvalue weighted by molar-refractivity contribution is -0.136. The summed E-state index contributed by atoms with van der Waals surface area (Å²) in [6.45, 7) is 0.0650. The Bertz CT molecular complexity index is 1570. The summed E-state index contributed by atoms with van der Waals surface area (Å²) in [4.78, 5) is 11.2. The van der Waals surface area contributed by atoms with Crippen molar-refractivity contribution in [2.45, 2.75) is 37.7 Å². The first-order chi connectivity index (χ1) is 17.3. The summed E-state index contributed by atoms with van der Waals surface area (Å²) in [5.74, 6) is -1.02. The minimum atomic E-state index is -3.58. The zero-order valence-electron chi connectivity index (χ0n) is 19.4. The normalized spacial score (nSPS) is 13.7. The number of nitrogens with two attached hydrogens (primary N) is 1. The van der Waals surface area contributed by atoms with Gasteiger partial charge in [-0.25, -0.2) is 16.8 Å². The van der Waals surface area contributed by atoms with E-state index in [0.29, 0.717) is 57.3 Å². The van der Waals surface area contributed by atoms with Gasteiger partial charge >= 0.3 is 5.97 Å². The number of para-hydroxylation sites is 1. The lowest BCUT2D eigenvalue weighted by Crippen LogP contribution is -2.16. The Labute approximate surface area is 208 Å². The van der Waals surface area contributed by atoms with Crippen molar-refractivity contribution in [3.8, 4) is 16.9 Å². The number of halogens is 1. The van der Waals surface area contributed by atoms with Crippen LogP contribution in [0.4, 0.5) is 4.39 Å². The van der Waals surface area contributed by atoms with Crippen LogP contribution in [-0.2, 0) is 34.4 Å². The van der Waals surface area contributed by atoms with E-state index in [1.807, 2.05) is 0 Å². The molecule has 1 aromatic heterocycles. The third-order valence-electron chi connectivity index (χ3n) is 6.35. The second kappa shape index (κ2) is 9.40. The van der Waals surface area contributed by atoms with Crippen molar-refractivity contribution in [3.05, 3.63) is 89.4 Å². The van der Waals surface area contributed by atoms with Crippen LogP contribution in [-0.4, -0.2) is 28.7 Å². The number of rotatable bonds is 9. The van der Waals surface area contributed by atoms with Crippen LogP contribution >= 0.6 is 0 Å². The first-order valence-electron chi connectivity index (χ1n) is 11.6. The molecule has 0 unspecified atom stereocenters. The van der Waals surface area contributed by atoms with Crippen molar-refractivity contribution < 1.29 is 27.4 Å². The standard InChI is InChI=1S/C27H25FN2O5S/c28-27-19(15-29)5-3-6-22(27)23-12-17(16-35-25-7-2-1-4-18(25)14-26(31)32)13-24-21(23)10-11-30(24)36(33,34)20-8-9-20/h1-7,10-13,20H,8-9,14-16,29H2,(H,31,32). The van der Waals surface area contributed by atoms with Gasteiger partial charge in [-0.3, -0.25) is 4.79 Å². The smallest absolute Gasteiger partial charge is 0.307 e. The number of aromatic nitrogens is 1. The van der Waals surface area contributed by atoms with E-state index in [-0.39, 0.29) is 19.6 Å². The van der Waals surface area contributed by atoms with Gasteiger partial charge < -0.3 is 15.6 Å². The SMILES string of the molecule is NCc1cccc(-c2cc(COc3ccccc3CC(=O)O)cc3c2ccn3S(=O)(=O)C2CC2)c1F. The van der Waals surface area contributed by atoms with E-state index < -0.39 is 27.1 Å². The number of carbonyl (C=O) groups is 1. The topological polar surface area (TPSA) is 112 Å². The van der Waals surface area contributed by atoms with Gasteiger partial charge in [0.1, 0.15) is 18.2 Å². The third-order valence-corrected chi connectivity index (χ3v) is 8.53. The van der Waals surface area contributed by atoms with Gasteiger partial charge in [-0.15, -0.1) is 0 Å². The van der Waals surface area contributed by atoms with E-state index in [4.69, 9.17) is 10.5 Å². The lowest BCUT2D eigenvalue weighted by Gasteiger charge is -2.15. The number of fused-ring (bicyclic) bond motifs is 1. The van der Waals surface area contributed by atoms with Gasteiger partial charge in [-0.05, 0) is 48.2 Å². The Morgan fingerprint density at radius 1 is 1.06 bits per heavy atom. The molecule has 4 aromatic rings. The minimum absolute atomic E-state index is 0.0308. The molecule has 1 fully saturated rings. The molecule has 36 heavy (non-hydrogen) atoms. The summed E-state index contributed by atoms with van der Waals surface area (Å²) in [7, 11) is -3.58. The van der Waals surface area contributed by atoms with Crippen molar-refractivity contribution in [2.24, 2.45) is 5.73 Å². The maximum atomic E-state index is 15.3. The van der Waals surface area contributed by atoms with Crippen LogP contribution < -0.4 is 10.5 Å². The highest BCUT2D eigenvalue weighted by atomic mass is 32.2. The van der Waals surface area contributed by atoms with Crippen molar-refractivity contribution in [1.29, 1.82) is 0 Å². The molecule has 0 bridgehead atoms. The molecule has 5 rings (SSSR count). The number of hydrogen-bond acceptors (Lipinski definition) is 5. The molecule has 0 aliphatic heterocycles. The summed E-state index contributed by atoms with van der Waals surface area (Å²) < 4.78 is 48.8. The fourth-order valence-corrected chi connectivity index (χ4v) is 6.10. The Kier molecular flexibility index (Phi) is 6.27. The molecule has 3 N–H and O–H groups in total. The number of carboxylic acid groups (broad SMARTS) is 1. The molecule has 9 heteroatoms. The van der Waals surface area contributed by atoms with Crippen LogP contribution in [0.25, 0.3) is 22.0 Å². The predicted molar refractivity (Wildman–Crippen MR) is 135 cm³/mol. The van der Waals surface area contributed by atoms with E-state index >= 15 is 4.39 Å². The molecule has 0 amide bonds. The summed E-state index contributed by atoms with van der Waals surface area (Å²) in [6, 6.07) is 17.0. The predicted octanol–water partition coefficient (Wildman–Crippen LogP) is 4.45. The van der Waals surface area contributed by atoms with Crippen LogP contribution in [0.5, 0.6) is 5.75 Å². The number of carboxylic acids is 1. The number of benzene rings is 3. The van der Waals surface area contributed by atoms with Crippen molar-refractivity contribution >= 4 is 26.9 Å². The average Bonchev–Trinajstić information content (AvgIpc) is 3.63. The third kappa shape index (κ3) is 4.47. The summed E-state index contributed by atoms with van der Waals surface area (Å²) >= 11 is 0. The molecule has 1 aliphatic carbocycles. The zero-order chi connectivity index (χ0) is 25.4. The van der Waals surface area contributed by atoms with Gasteiger partial charge in [0.05, 0.1) is 17.2 Å². The van der Waals surface area contributed by atoms with Crippen LogP contribution in [0.1, 0.15) is 29.5 Å². The quantitative estimate of drug-likeness (QED) is 0.346. The summed E-state index contributed by atoms with van der Waals surface area (Å²) in [6.07, 6.45) is 2.55. The first kappa shape index (κ1) is 24.0. The highest BCUT2D eigenvalue weighted by Crippen LogP contribution is 2.37. The maximum Gasteiger partial charge on any atom is 0.307 e. The fraction of sp³-hybridized carbons (Fsp3) is 0.222. The van der Waals surface area contributed by atoms with Gasteiger partial charge in [0.15, 0.2) is 0 Å². The zero-order valence-corrected chi connectivity index (χ0v) is 20.2. The van der Waals surface area contributed by atoms with Gasteiger partial charge in [0.2, 0.25) is 10.0 Å². The van der Waals surface area contributed by atoms with E-state index in [2.05, 4.69) is 0 Å². The summed E-state index contributed by atoms with van der Waals surface area (Å²) in [5.41, 5.74) is 8.50. The molecule has 0 radical (unpaired) electrons. The summed E-state index contributed by atoms with van der Waals surface area (Å²) in [5, 5.41) is 9.38. The van der Waals surface area contributed by atoms with Crippen LogP contribution in [0.15, 0.2) is 66.9 Å². The molecule has 1 heterocycles. The van der Waals surface area contributed by atoms with Crippen LogP contribution in [0.3, 0.4) is 0 Å². The molecule has 186 valence electrons. The van der Waals surface area contributed by atoms with E-state index in [1.54, 1.807) is 60.7 Å². The van der Waals surface area contributed by atoms with Crippen molar-refractivity contribution in [3.63, 3.8) is 0 Å². The molecule has 0 saturated heterocycles. The van der Waals surface area contributed by atoms with Crippen molar-refractivity contribution in [1.82, 2.24) is 3.97 Å². The molecule has 0 atom stereocenters. The lowest BCUT2D eigenvalue weighted by atomic mass is 9.97. The number of hydrogen-bond donors (Lipinski definition) is 2. The Morgan fingerprint density at radius 3 is 2.53 bits per heavy atom. The highest BCUT2D eigenvalue weighted by Gasteiger charge is 2.37. The fourth-order valence-electron chi connectivity index (χ4n) is 4.39. The maximum absolute atomic E-state index is 15.3. The Morgan fingerprint density at radius 2 is 1.81 bits per heavy atom. The van der Waals surface area contributed by atoms with Gasteiger partial charge in [0, 0.05) is 34.8 Å². The van der Waals surface area contributed by atoms with Crippen LogP contribution in [0.2, 0.25) is 0 Å². The number of ether oxygens (including phenoxy) is 1. The number of aliphatic carboxylic acids is 1. The highest BCUT2D eigenvalue weighted by molar-refractivity contribution is 7.91. The largest absolute Gasteiger partial charge is 0.489 e. The first-order valence-corrected chi connectivity index (χ1v) is 13.1. The van der Waals surface area contributed by atoms with E-state index in [9.17, 15) is 18.3 Å². The molecule has 0 spiro atoms. The Balaban J connectivity index is 1.62. The average molecular weight is 509 g/mol. The molecule has 3 aromatic carbocycles. The molecule has 1 saturated carbocycles. The Hall–Kier alpha value is -3.69. The van der Waals surface area contributed by atoms with Gasteiger partial charge in [0.25, 0.3) is 0 Å².